The van der Waals surface area contributed by atoms with Gasteiger partial charge in [-0.3, -0.25) is 9.59 Å². The van der Waals surface area contributed by atoms with Crippen LogP contribution in [0.4, 0.5) is 18.9 Å². The van der Waals surface area contributed by atoms with E-state index in [9.17, 15) is 22.8 Å². The Morgan fingerprint density at radius 2 is 1.81 bits per heavy atom. The first-order chi connectivity index (χ1) is 12.8. The molecule has 0 saturated carbocycles. The molecule has 2 amide bonds. The van der Waals surface area contributed by atoms with Gasteiger partial charge in [-0.1, -0.05) is 18.2 Å². The van der Waals surface area contributed by atoms with E-state index in [-0.39, 0.29) is 43.3 Å². The van der Waals surface area contributed by atoms with Crippen molar-refractivity contribution in [1.82, 2.24) is 4.90 Å². The molecule has 8 heteroatoms. The number of fused-ring (bicyclic) bond motifs is 1. The van der Waals surface area contributed by atoms with Gasteiger partial charge in [0, 0.05) is 30.8 Å². The maximum atomic E-state index is 13.7. The molecular formula is C19H18F3N3O2. The fourth-order valence-electron chi connectivity index (χ4n) is 3.01. The van der Waals surface area contributed by atoms with Crippen LogP contribution in [0.1, 0.15) is 17.5 Å². The Balaban J connectivity index is 1.68. The molecule has 0 bridgehead atoms. The minimum atomic E-state index is -1.28. The first-order valence-electron chi connectivity index (χ1n) is 8.38. The number of hydrogen-bond donors (Lipinski definition) is 2. The summed E-state index contributed by atoms with van der Waals surface area (Å²) in [4.78, 5) is 25.9. The minimum absolute atomic E-state index is 0.104. The van der Waals surface area contributed by atoms with Gasteiger partial charge in [0.2, 0.25) is 11.8 Å². The number of carbonyl (C=O) groups excluding carboxylic acids is 2. The number of benzene rings is 2. The molecule has 3 rings (SSSR count). The van der Waals surface area contributed by atoms with Crippen LogP contribution in [0.2, 0.25) is 0 Å². The van der Waals surface area contributed by atoms with Gasteiger partial charge in [0.05, 0.1) is 0 Å². The number of anilines is 1. The highest BCUT2D eigenvalue weighted by atomic mass is 19.2. The Labute approximate surface area is 154 Å². The molecule has 0 fully saturated rings. The second kappa shape index (κ2) is 7.79. The summed E-state index contributed by atoms with van der Waals surface area (Å²) in [6, 6.07) is 7.52. The number of para-hydroxylation sites is 1. The van der Waals surface area contributed by atoms with E-state index in [4.69, 9.17) is 5.73 Å². The quantitative estimate of drug-likeness (QED) is 0.803. The second-order valence-electron chi connectivity index (χ2n) is 6.48. The molecule has 3 N–H and O–H groups in total. The van der Waals surface area contributed by atoms with Gasteiger partial charge >= 0.3 is 0 Å². The number of nitrogens with two attached hydrogens (primary N) is 1. The van der Waals surface area contributed by atoms with Crippen molar-refractivity contribution >= 4 is 17.5 Å². The molecular weight excluding hydrogens is 359 g/mol. The fourth-order valence-corrected chi connectivity index (χ4v) is 3.01. The third kappa shape index (κ3) is 4.46. The smallest absolute Gasteiger partial charge is 0.244 e. The van der Waals surface area contributed by atoms with Crippen molar-refractivity contribution < 1.29 is 22.8 Å². The molecule has 2 aromatic rings. The van der Waals surface area contributed by atoms with Crippen molar-refractivity contribution in [3.8, 4) is 0 Å². The highest BCUT2D eigenvalue weighted by Crippen LogP contribution is 2.21. The first kappa shape index (κ1) is 18.9. The van der Waals surface area contributed by atoms with Gasteiger partial charge in [0.1, 0.15) is 12.4 Å². The van der Waals surface area contributed by atoms with Crippen molar-refractivity contribution in [3.63, 3.8) is 0 Å². The van der Waals surface area contributed by atoms with Gasteiger partial charge in [-0.15, -0.1) is 0 Å². The zero-order valence-electron chi connectivity index (χ0n) is 14.3. The number of halogens is 3. The van der Waals surface area contributed by atoms with Gasteiger partial charge in [0.15, 0.2) is 11.6 Å². The number of rotatable bonds is 4. The number of nitrogens with one attached hydrogen (secondary N) is 1. The lowest BCUT2D eigenvalue weighted by Gasteiger charge is -2.22. The maximum Gasteiger partial charge on any atom is 0.244 e. The van der Waals surface area contributed by atoms with Crippen LogP contribution < -0.4 is 11.1 Å². The van der Waals surface area contributed by atoms with Crippen LogP contribution in [0.5, 0.6) is 0 Å². The lowest BCUT2D eigenvalue weighted by atomic mass is 10.0. The Hall–Kier alpha value is -2.87. The van der Waals surface area contributed by atoms with E-state index in [1.165, 1.54) is 4.90 Å². The number of hydrogen-bond acceptors (Lipinski definition) is 3. The van der Waals surface area contributed by atoms with Crippen LogP contribution in [0, 0.1) is 17.5 Å². The van der Waals surface area contributed by atoms with Crippen LogP contribution in [0.25, 0.3) is 0 Å². The van der Waals surface area contributed by atoms with E-state index in [0.717, 1.165) is 11.6 Å². The molecule has 1 unspecified atom stereocenters. The largest absolute Gasteiger partial charge is 0.329 e. The molecule has 0 radical (unpaired) electrons. The normalized spacial score (nSPS) is 15.0. The summed E-state index contributed by atoms with van der Waals surface area (Å²) in [7, 11) is 0. The van der Waals surface area contributed by atoms with Crippen LogP contribution >= 0.6 is 0 Å². The molecule has 5 nitrogen and oxygen atoms in total. The molecule has 1 atom stereocenters. The summed E-state index contributed by atoms with van der Waals surface area (Å²) < 4.78 is 40.0. The van der Waals surface area contributed by atoms with E-state index in [1.54, 1.807) is 24.3 Å². The van der Waals surface area contributed by atoms with E-state index in [2.05, 4.69) is 5.32 Å². The van der Waals surface area contributed by atoms with Crippen molar-refractivity contribution in [1.29, 1.82) is 0 Å². The zero-order valence-corrected chi connectivity index (χ0v) is 14.3. The standard InChI is InChI=1S/C19H18F3N3O2/c20-14-8-16(22)15(21)6-12(14)5-13(23)7-19(27)25-9-11-3-1-2-4-17(11)24-18(26)10-25/h1-4,6,8,13H,5,7,9-10,23H2,(H,24,26). The van der Waals surface area contributed by atoms with Gasteiger partial charge in [-0.05, 0) is 29.7 Å². The van der Waals surface area contributed by atoms with E-state index in [1.807, 2.05) is 0 Å². The van der Waals surface area contributed by atoms with E-state index < -0.39 is 23.5 Å². The Kier molecular flexibility index (Phi) is 5.46. The summed E-state index contributed by atoms with van der Waals surface area (Å²) in [5, 5.41) is 2.73. The molecule has 142 valence electrons. The summed E-state index contributed by atoms with van der Waals surface area (Å²) in [6.07, 6.45) is -0.292. The minimum Gasteiger partial charge on any atom is -0.329 e. The Morgan fingerprint density at radius 1 is 1.11 bits per heavy atom. The molecule has 0 spiro atoms. The van der Waals surface area contributed by atoms with Crippen LogP contribution in [-0.4, -0.2) is 29.3 Å². The summed E-state index contributed by atoms with van der Waals surface area (Å²) in [5.74, 6) is -4.08. The van der Waals surface area contributed by atoms with Crippen LogP contribution in [0.3, 0.4) is 0 Å². The van der Waals surface area contributed by atoms with Crippen molar-refractivity contribution in [2.45, 2.75) is 25.4 Å². The number of nitrogens with zero attached hydrogens (tertiary/aromatic N) is 1. The lowest BCUT2D eigenvalue weighted by molar-refractivity contribution is -0.135. The van der Waals surface area contributed by atoms with Crippen molar-refractivity contribution in [3.05, 3.63) is 65.0 Å². The SMILES string of the molecule is NC(CC(=O)N1CC(=O)Nc2ccccc2C1)Cc1cc(F)c(F)cc1F. The molecule has 0 saturated heterocycles. The summed E-state index contributed by atoms with van der Waals surface area (Å²) in [6.45, 7) is 0.111. The van der Waals surface area contributed by atoms with Gasteiger partial charge < -0.3 is 16.0 Å². The third-order valence-electron chi connectivity index (χ3n) is 4.35. The molecule has 1 aliphatic heterocycles. The van der Waals surface area contributed by atoms with Crippen LogP contribution in [-0.2, 0) is 22.6 Å². The first-order valence-corrected chi connectivity index (χ1v) is 8.38. The molecule has 1 aliphatic rings. The average molecular weight is 377 g/mol. The maximum absolute atomic E-state index is 13.7. The number of carbonyl (C=O) groups is 2. The summed E-state index contributed by atoms with van der Waals surface area (Å²) in [5.41, 5.74) is 7.24. The van der Waals surface area contributed by atoms with Crippen LogP contribution in [0.15, 0.2) is 36.4 Å². The molecule has 2 aromatic carbocycles. The predicted molar refractivity (Wildman–Crippen MR) is 93.1 cm³/mol. The second-order valence-corrected chi connectivity index (χ2v) is 6.48. The number of amides is 2. The molecule has 0 aromatic heterocycles. The molecule has 27 heavy (non-hydrogen) atoms. The Bertz CT molecular complexity index is 888. The third-order valence-corrected chi connectivity index (χ3v) is 4.35. The molecule has 0 aliphatic carbocycles. The fraction of sp³-hybridized carbons (Fsp3) is 0.263. The lowest BCUT2D eigenvalue weighted by Crippen LogP contribution is -2.39. The van der Waals surface area contributed by atoms with Crippen molar-refractivity contribution in [2.75, 3.05) is 11.9 Å². The van der Waals surface area contributed by atoms with E-state index >= 15 is 0 Å². The van der Waals surface area contributed by atoms with Gasteiger partial charge in [-0.2, -0.15) is 0 Å². The zero-order chi connectivity index (χ0) is 19.6. The highest BCUT2D eigenvalue weighted by molar-refractivity contribution is 5.96. The van der Waals surface area contributed by atoms with Crippen molar-refractivity contribution in [2.24, 2.45) is 5.73 Å². The van der Waals surface area contributed by atoms with Gasteiger partial charge in [-0.25, -0.2) is 13.2 Å². The topological polar surface area (TPSA) is 75.4 Å². The highest BCUT2D eigenvalue weighted by Gasteiger charge is 2.24. The van der Waals surface area contributed by atoms with Gasteiger partial charge in [0.25, 0.3) is 0 Å². The average Bonchev–Trinajstić information content (AvgIpc) is 2.77. The molecule has 1 heterocycles. The Morgan fingerprint density at radius 3 is 2.59 bits per heavy atom. The van der Waals surface area contributed by atoms with E-state index in [0.29, 0.717) is 11.8 Å². The monoisotopic (exact) mass is 377 g/mol. The summed E-state index contributed by atoms with van der Waals surface area (Å²) >= 11 is 0. The predicted octanol–water partition coefficient (Wildman–Crippen LogP) is 2.34.